The number of carboxylic acids is 1. The molecule has 0 aromatic heterocycles. The molecule has 1 rings (SSSR count). The highest BCUT2D eigenvalue weighted by molar-refractivity contribution is 7.98. The van der Waals surface area contributed by atoms with Crippen molar-refractivity contribution in [3.8, 4) is 5.75 Å². The predicted octanol–water partition coefficient (Wildman–Crippen LogP) is -2.62. The molecule has 20 heteroatoms. The number of rotatable bonds is 23. The van der Waals surface area contributed by atoms with Gasteiger partial charge in [0.25, 0.3) is 0 Å². The van der Waals surface area contributed by atoms with Crippen LogP contribution in [0.4, 0.5) is 0 Å². The van der Waals surface area contributed by atoms with E-state index in [-0.39, 0.29) is 36.7 Å². The van der Waals surface area contributed by atoms with E-state index in [1.54, 1.807) is 0 Å². The third-order valence-corrected chi connectivity index (χ3v) is 8.71. The number of hydrogen-bond donors (Lipinski definition) is 12. The molecule has 53 heavy (non-hydrogen) atoms. The quantitative estimate of drug-likeness (QED) is 0.0507. The van der Waals surface area contributed by atoms with E-state index in [0.29, 0.717) is 11.3 Å². The SMILES string of the molecule is CSCC[C@H](NC(=O)[C@@H](N)CS)C(=O)N[C@@H](CC(C)C)C(=O)NCC(=O)N[C@H](C(=O)N[C@@H](Cc1ccc(O)cc1)C(=O)N[C@H](C(=O)O)[C@@H](C)O)[C@@H](C)O. The maximum absolute atomic E-state index is 13.3. The second-order valence-corrected chi connectivity index (χ2v) is 14.2. The number of amides is 6. The minimum atomic E-state index is -1.72. The highest BCUT2D eigenvalue weighted by Gasteiger charge is 2.34. The summed E-state index contributed by atoms with van der Waals surface area (Å²) in [5.74, 6) is -6.05. The summed E-state index contributed by atoms with van der Waals surface area (Å²) >= 11 is 5.46. The molecule has 0 heterocycles. The van der Waals surface area contributed by atoms with Gasteiger partial charge in [0.05, 0.1) is 24.8 Å². The molecule has 6 amide bonds. The fourth-order valence-electron chi connectivity index (χ4n) is 4.74. The van der Waals surface area contributed by atoms with Crippen molar-refractivity contribution in [3.05, 3.63) is 29.8 Å². The van der Waals surface area contributed by atoms with Crippen molar-refractivity contribution in [2.75, 3.05) is 24.3 Å². The predicted molar refractivity (Wildman–Crippen MR) is 200 cm³/mol. The van der Waals surface area contributed by atoms with Crippen molar-refractivity contribution in [3.63, 3.8) is 0 Å². The number of phenolic OH excluding ortho intramolecular Hbond substituents is 1. The number of aliphatic carboxylic acids is 1. The number of aliphatic hydroxyl groups excluding tert-OH is 2. The van der Waals surface area contributed by atoms with Crippen molar-refractivity contribution >= 4 is 65.8 Å². The van der Waals surface area contributed by atoms with Crippen LogP contribution in [0.5, 0.6) is 5.75 Å². The van der Waals surface area contributed by atoms with Gasteiger partial charge in [-0.15, -0.1) is 0 Å². The molecule has 298 valence electrons. The van der Waals surface area contributed by atoms with Crippen LogP contribution < -0.4 is 37.6 Å². The lowest BCUT2D eigenvalue weighted by atomic mass is 10.0. The fraction of sp³-hybridized carbons (Fsp3) is 0.606. The maximum Gasteiger partial charge on any atom is 0.328 e. The van der Waals surface area contributed by atoms with Crippen molar-refractivity contribution in [2.45, 2.75) is 95.4 Å². The van der Waals surface area contributed by atoms with Gasteiger partial charge in [-0.05, 0) is 62.3 Å². The summed E-state index contributed by atoms with van der Waals surface area (Å²) < 4.78 is 0. The molecule has 0 radical (unpaired) electrons. The highest BCUT2D eigenvalue weighted by atomic mass is 32.2. The number of hydrogen-bond acceptors (Lipinski definition) is 13. The summed E-state index contributed by atoms with van der Waals surface area (Å²) in [5, 5.41) is 53.7. The molecule has 0 spiro atoms. The number of thioether (sulfide) groups is 1. The monoisotopic (exact) mass is 787 g/mol. The summed E-state index contributed by atoms with van der Waals surface area (Å²) in [6.45, 7) is 5.27. The molecule has 0 aliphatic carbocycles. The van der Waals surface area contributed by atoms with E-state index in [1.165, 1.54) is 43.0 Å². The summed E-state index contributed by atoms with van der Waals surface area (Å²) in [6, 6.07) is -2.35. The Balaban J connectivity index is 3.09. The lowest BCUT2D eigenvalue weighted by Gasteiger charge is -2.27. The molecular formula is C33H53N7O11S2. The Morgan fingerprint density at radius 2 is 1.30 bits per heavy atom. The van der Waals surface area contributed by atoms with E-state index in [0.717, 1.165) is 6.92 Å². The van der Waals surface area contributed by atoms with Crippen molar-refractivity contribution in [2.24, 2.45) is 11.7 Å². The summed E-state index contributed by atoms with van der Waals surface area (Å²) in [5.41, 5.74) is 6.18. The van der Waals surface area contributed by atoms with Crippen LogP contribution in [0.1, 0.15) is 46.1 Å². The first-order valence-electron chi connectivity index (χ1n) is 16.8. The molecule has 0 unspecified atom stereocenters. The summed E-state index contributed by atoms with van der Waals surface area (Å²) in [4.78, 5) is 89.8. The minimum Gasteiger partial charge on any atom is -0.508 e. The van der Waals surface area contributed by atoms with Gasteiger partial charge in [-0.25, -0.2) is 4.79 Å². The minimum absolute atomic E-state index is 0.0492. The normalized spacial score (nSPS) is 15.7. The Morgan fingerprint density at radius 3 is 1.81 bits per heavy atom. The van der Waals surface area contributed by atoms with Crippen LogP contribution in [0, 0.1) is 5.92 Å². The lowest BCUT2D eigenvalue weighted by Crippen LogP contribution is -2.60. The second-order valence-electron chi connectivity index (χ2n) is 12.8. The standard InChI is InChI=1S/C33H53N7O11S2/c1-16(2)12-23(37-30(47)22(10-11-53-5)36-28(45)21(34)15-52)29(46)35-14-25(44)39-26(17(3)41)32(49)38-24(13-19-6-8-20(43)9-7-19)31(48)40-27(18(4)42)33(50)51/h6-9,16-18,21-24,26-27,41-43,52H,10-15,34H2,1-5H3,(H,35,46)(H,36,45)(H,37,47)(H,38,49)(H,39,44)(H,40,48)(H,50,51)/t17-,18-,21+,22+,23+,24+,26+,27+/m1/s1. The largest absolute Gasteiger partial charge is 0.508 e. The third-order valence-electron chi connectivity index (χ3n) is 7.68. The Kier molecular flexibility index (Phi) is 20.8. The van der Waals surface area contributed by atoms with Gasteiger partial charge < -0.3 is 58.1 Å². The van der Waals surface area contributed by atoms with Crippen LogP contribution >= 0.6 is 24.4 Å². The van der Waals surface area contributed by atoms with E-state index in [9.17, 15) is 54.0 Å². The molecule has 0 saturated carbocycles. The van der Waals surface area contributed by atoms with Crippen molar-refractivity contribution in [1.29, 1.82) is 0 Å². The van der Waals surface area contributed by atoms with Gasteiger partial charge in [-0.2, -0.15) is 24.4 Å². The molecule has 1 aromatic carbocycles. The molecular weight excluding hydrogens is 735 g/mol. The summed E-state index contributed by atoms with van der Waals surface area (Å²) in [6.07, 6.45) is -0.998. The Hall–Kier alpha value is -4.11. The van der Waals surface area contributed by atoms with Gasteiger partial charge in [0.1, 0.15) is 29.9 Å². The van der Waals surface area contributed by atoms with Gasteiger partial charge in [0, 0.05) is 12.2 Å². The number of nitrogens with two attached hydrogens (primary N) is 1. The average Bonchev–Trinajstić information content (AvgIpc) is 3.08. The first kappa shape index (κ1) is 46.9. The first-order chi connectivity index (χ1) is 24.8. The van der Waals surface area contributed by atoms with Crippen molar-refractivity contribution < 1.29 is 54.0 Å². The second kappa shape index (κ2) is 23.5. The Morgan fingerprint density at radius 1 is 0.755 bits per heavy atom. The van der Waals surface area contributed by atoms with Crippen LogP contribution in [-0.4, -0.2) is 135 Å². The number of thiol groups is 1. The van der Waals surface area contributed by atoms with Gasteiger partial charge in [-0.1, -0.05) is 26.0 Å². The van der Waals surface area contributed by atoms with E-state index in [2.05, 4.69) is 44.5 Å². The maximum atomic E-state index is 13.3. The topological polar surface area (TPSA) is 299 Å². The zero-order valence-electron chi connectivity index (χ0n) is 30.3. The number of phenols is 1. The van der Waals surface area contributed by atoms with Gasteiger partial charge in [0.2, 0.25) is 35.4 Å². The number of carboxylic acid groups (broad SMARTS) is 1. The van der Waals surface area contributed by atoms with E-state index in [4.69, 9.17) is 5.73 Å². The Labute approximate surface area is 318 Å². The number of benzene rings is 1. The molecule has 0 bridgehead atoms. The molecule has 0 fully saturated rings. The first-order valence-corrected chi connectivity index (χ1v) is 18.8. The van der Waals surface area contributed by atoms with Gasteiger partial charge in [-0.3, -0.25) is 28.8 Å². The zero-order chi connectivity index (χ0) is 40.4. The number of aromatic hydroxyl groups is 1. The molecule has 0 aliphatic rings. The summed E-state index contributed by atoms with van der Waals surface area (Å²) in [7, 11) is 0. The average molecular weight is 788 g/mol. The van der Waals surface area contributed by atoms with Crippen molar-refractivity contribution in [1.82, 2.24) is 31.9 Å². The molecule has 0 saturated heterocycles. The molecule has 0 aliphatic heterocycles. The fourth-order valence-corrected chi connectivity index (χ4v) is 5.38. The van der Waals surface area contributed by atoms with E-state index >= 15 is 0 Å². The molecule has 1 aromatic rings. The third kappa shape index (κ3) is 17.1. The zero-order valence-corrected chi connectivity index (χ0v) is 32.0. The Bertz CT molecular complexity index is 1400. The van der Waals surface area contributed by atoms with Crippen LogP contribution in [0.25, 0.3) is 0 Å². The van der Waals surface area contributed by atoms with Crippen LogP contribution in [0.2, 0.25) is 0 Å². The number of aliphatic hydroxyl groups is 2. The van der Waals surface area contributed by atoms with Crippen LogP contribution in [-0.2, 0) is 40.0 Å². The lowest BCUT2D eigenvalue weighted by molar-refractivity contribution is -0.145. The van der Waals surface area contributed by atoms with Crippen LogP contribution in [0.15, 0.2) is 24.3 Å². The highest BCUT2D eigenvalue weighted by Crippen LogP contribution is 2.13. The number of carbonyl (C=O) groups excluding carboxylic acids is 6. The molecule has 8 atom stereocenters. The molecule has 12 N–H and O–H groups in total. The van der Waals surface area contributed by atoms with E-state index in [1.807, 2.05) is 20.1 Å². The number of nitrogens with one attached hydrogen (secondary N) is 6. The number of carbonyl (C=O) groups is 7. The molecule has 18 nitrogen and oxygen atoms in total. The van der Waals surface area contributed by atoms with E-state index < -0.39 is 96.4 Å². The smallest absolute Gasteiger partial charge is 0.328 e. The van der Waals surface area contributed by atoms with Crippen LogP contribution in [0.3, 0.4) is 0 Å². The van der Waals surface area contributed by atoms with Gasteiger partial charge in [0.15, 0.2) is 6.04 Å². The van der Waals surface area contributed by atoms with Gasteiger partial charge >= 0.3 is 5.97 Å².